The SMILES string of the molecule is CCOC(=S)CC(O)COCc1ccccc1. The Labute approximate surface area is 107 Å². The summed E-state index contributed by atoms with van der Waals surface area (Å²) >= 11 is 4.94. The van der Waals surface area contributed by atoms with Crippen molar-refractivity contribution >= 4 is 17.3 Å². The number of aliphatic hydroxyl groups is 1. The summed E-state index contributed by atoms with van der Waals surface area (Å²) in [5.74, 6) is 0. The van der Waals surface area contributed by atoms with Crippen molar-refractivity contribution in [1.29, 1.82) is 0 Å². The van der Waals surface area contributed by atoms with Gasteiger partial charge in [0.2, 0.25) is 0 Å². The number of rotatable bonds is 7. The summed E-state index contributed by atoms with van der Waals surface area (Å²) in [5.41, 5.74) is 1.09. The monoisotopic (exact) mass is 254 g/mol. The summed E-state index contributed by atoms with van der Waals surface area (Å²) in [7, 11) is 0. The Hall–Kier alpha value is -0.970. The van der Waals surface area contributed by atoms with Crippen LogP contribution < -0.4 is 0 Å². The third-order valence-electron chi connectivity index (χ3n) is 2.13. The van der Waals surface area contributed by atoms with Gasteiger partial charge >= 0.3 is 0 Å². The number of thiocarbonyl (C=S) groups is 1. The van der Waals surface area contributed by atoms with E-state index in [1.807, 2.05) is 37.3 Å². The zero-order valence-corrected chi connectivity index (χ0v) is 10.8. The average Bonchev–Trinajstić information content (AvgIpc) is 2.30. The summed E-state index contributed by atoms with van der Waals surface area (Å²) in [6, 6.07) is 9.84. The second-order valence-corrected chi connectivity index (χ2v) is 4.12. The van der Waals surface area contributed by atoms with Crippen molar-refractivity contribution in [3.05, 3.63) is 35.9 Å². The largest absolute Gasteiger partial charge is 0.487 e. The van der Waals surface area contributed by atoms with Gasteiger partial charge in [0.1, 0.15) is 0 Å². The smallest absolute Gasteiger partial charge is 0.162 e. The molecule has 1 rings (SSSR count). The van der Waals surface area contributed by atoms with Crippen molar-refractivity contribution in [2.45, 2.75) is 26.1 Å². The van der Waals surface area contributed by atoms with Gasteiger partial charge in [0.15, 0.2) is 5.05 Å². The van der Waals surface area contributed by atoms with E-state index >= 15 is 0 Å². The lowest BCUT2D eigenvalue weighted by Crippen LogP contribution is -2.20. The molecule has 1 aromatic carbocycles. The van der Waals surface area contributed by atoms with E-state index in [0.717, 1.165) is 5.56 Å². The van der Waals surface area contributed by atoms with Crippen LogP contribution in [0.5, 0.6) is 0 Å². The highest BCUT2D eigenvalue weighted by Gasteiger charge is 2.08. The molecule has 17 heavy (non-hydrogen) atoms. The standard InChI is InChI=1S/C13H18O3S/c1-2-16-13(17)8-12(14)10-15-9-11-6-4-3-5-7-11/h3-7,12,14H,2,8-10H2,1H3. The molecule has 1 aromatic rings. The Bertz CT molecular complexity index is 327. The predicted molar refractivity (Wildman–Crippen MR) is 70.9 cm³/mol. The van der Waals surface area contributed by atoms with Crippen LogP contribution in [0.2, 0.25) is 0 Å². The fourth-order valence-electron chi connectivity index (χ4n) is 1.36. The molecule has 0 aliphatic carbocycles. The molecule has 0 spiro atoms. The maximum Gasteiger partial charge on any atom is 0.162 e. The molecule has 0 saturated heterocycles. The molecule has 0 aliphatic heterocycles. The minimum Gasteiger partial charge on any atom is -0.487 e. The highest BCUT2D eigenvalue weighted by Crippen LogP contribution is 2.03. The van der Waals surface area contributed by atoms with E-state index in [1.54, 1.807) is 0 Å². The molecule has 0 amide bonds. The van der Waals surface area contributed by atoms with E-state index in [2.05, 4.69) is 0 Å². The maximum absolute atomic E-state index is 9.63. The van der Waals surface area contributed by atoms with Crippen LogP contribution in [0.25, 0.3) is 0 Å². The molecule has 0 radical (unpaired) electrons. The number of hydrogen-bond donors (Lipinski definition) is 1. The minimum atomic E-state index is -0.599. The third-order valence-corrected chi connectivity index (χ3v) is 2.41. The first-order valence-corrected chi connectivity index (χ1v) is 6.08. The van der Waals surface area contributed by atoms with Crippen molar-refractivity contribution in [2.75, 3.05) is 13.2 Å². The number of benzene rings is 1. The van der Waals surface area contributed by atoms with Crippen molar-refractivity contribution in [2.24, 2.45) is 0 Å². The molecule has 1 unspecified atom stereocenters. The Morgan fingerprint density at radius 3 is 2.71 bits per heavy atom. The van der Waals surface area contributed by atoms with Gasteiger partial charge in [-0.05, 0) is 24.7 Å². The van der Waals surface area contributed by atoms with Crippen molar-refractivity contribution < 1.29 is 14.6 Å². The lowest BCUT2D eigenvalue weighted by molar-refractivity contribution is 0.0301. The molecular formula is C13H18O3S. The van der Waals surface area contributed by atoms with E-state index in [0.29, 0.717) is 24.7 Å². The van der Waals surface area contributed by atoms with Gasteiger partial charge in [-0.3, -0.25) is 0 Å². The van der Waals surface area contributed by atoms with Gasteiger partial charge in [-0.25, -0.2) is 0 Å². The van der Waals surface area contributed by atoms with Gasteiger partial charge in [-0.15, -0.1) is 0 Å². The molecule has 0 heterocycles. The highest BCUT2D eigenvalue weighted by molar-refractivity contribution is 7.80. The average molecular weight is 254 g/mol. The van der Waals surface area contributed by atoms with E-state index < -0.39 is 6.10 Å². The first-order chi connectivity index (χ1) is 8.22. The number of ether oxygens (including phenoxy) is 2. The maximum atomic E-state index is 9.63. The van der Waals surface area contributed by atoms with Gasteiger partial charge in [0, 0.05) is 6.42 Å². The molecule has 0 aliphatic rings. The minimum absolute atomic E-state index is 0.266. The first-order valence-electron chi connectivity index (χ1n) is 5.67. The van der Waals surface area contributed by atoms with Crippen LogP contribution in [-0.2, 0) is 16.1 Å². The van der Waals surface area contributed by atoms with Crippen LogP contribution in [0.4, 0.5) is 0 Å². The fraction of sp³-hybridized carbons (Fsp3) is 0.462. The molecule has 3 nitrogen and oxygen atoms in total. The van der Waals surface area contributed by atoms with Crippen LogP contribution in [0.3, 0.4) is 0 Å². The summed E-state index contributed by atoms with van der Waals surface area (Å²) in [5, 5.41) is 10.1. The number of hydrogen-bond acceptors (Lipinski definition) is 4. The Morgan fingerprint density at radius 1 is 1.35 bits per heavy atom. The lowest BCUT2D eigenvalue weighted by atomic mass is 10.2. The predicted octanol–water partition coefficient (Wildman–Crippen LogP) is 2.32. The van der Waals surface area contributed by atoms with Crippen molar-refractivity contribution in [3.8, 4) is 0 Å². The van der Waals surface area contributed by atoms with Crippen LogP contribution >= 0.6 is 12.2 Å². The summed E-state index contributed by atoms with van der Waals surface area (Å²) < 4.78 is 10.5. The van der Waals surface area contributed by atoms with Crippen molar-refractivity contribution in [1.82, 2.24) is 0 Å². The van der Waals surface area contributed by atoms with Gasteiger partial charge in [-0.2, -0.15) is 0 Å². The van der Waals surface area contributed by atoms with Gasteiger partial charge in [0.25, 0.3) is 0 Å². The molecule has 1 atom stereocenters. The Kier molecular flexibility index (Phi) is 6.77. The summed E-state index contributed by atoms with van der Waals surface area (Å²) in [4.78, 5) is 0. The van der Waals surface area contributed by atoms with Crippen LogP contribution in [0, 0.1) is 0 Å². The zero-order chi connectivity index (χ0) is 12.5. The molecule has 0 saturated carbocycles. The van der Waals surface area contributed by atoms with Crippen LogP contribution in [0.15, 0.2) is 30.3 Å². The van der Waals surface area contributed by atoms with Crippen molar-refractivity contribution in [3.63, 3.8) is 0 Å². The lowest BCUT2D eigenvalue weighted by Gasteiger charge is -2.12. The molecule has 0 fully saturated rings. The normalized spacial score (nSPS) is 12.1. The fourth-order valence-corrected chi connectivity index (χ4v) is 1.67. The van der Waals surface area contributed by atoms with Gasteiger partial charge < -0.3 is 14.6 Å². The second kappa shape index (κ2) is 8.17. The molecular weight excluding hydrogens is 236 g/mol. The topological polar surface area (TPSA) is 38.7 Å². The zero-order valence-electron chi connectivity index (χ0n) is 9.96. The second-order valence-electron chi connectivity index (χ2n) is 3.66. The first kappa shape index (κ1) is 14.1. The van der Waals surface area contributed by atoms with E-state index in [1.165, 1.54) is 0 Å². The van der Waals surface area contributed by atoms with E-state index in [9.17, 15) is 5.11 Å². The summed E-state index contributed by atoms with van der Waals surface area (Å²) in [6.07, 6.45) is -0.254. The highest BCUT2D eigenvalue weighted by atomic mass is 32.1. The quantitative estimate of drug-likeness (QED) is 0.758. The van der Waals surface area contributed by atoms with E-state index in [-0.39, 0.29) is 6.61 Å². The van der Waals surface area contributed by atoms with Gasteiger partial charge in [0.05, 0.1) is 25.9 Å². The molecule has 94 valence electrons. The Morgan fingerprint density at radius 2 is 2.06 bits per heavy atom. The third kappa shape index (κ3) is 6.36. The van der Waals surface area contributed by atoms with Gasteiger partial charge in [-0.1, -0.05) is 30.3 Å². The van der Waals surface area contributed by atoms with Crippen LogP contribution in [-0.4, -0.2) is 29.5 Å². The molecule has 4 heteroatoms. The molecule has 1 N–H and O–H groups in total. The molecule has 0 bridgehead atoms. The summed E-state index contributed by atoms with van der Waals surface area (Å²) in [6.45, 7) is 3.17. The van der Waals surface area contributed by atoms with Crippen LogP contribution in [0.1, 0.15) is 18.9 Å². The van der Waals surface area contributed by atoms with E-state index in [4.69, 9.17) is 21.7 Å². The number of aliphatic hydroxyl groups excluding tert-OH is 1. The Balaban J connectivity index is 2.16. The molecule has 0 aromatic heterocycles.